The van der Waals surface area contributed by atoms with Crippen LogP contribution in [0.3, 0.4) is 0 Å². The maximum atomic E-state index is 12.0. The van der Waals surface area contributed by atoms with E-state index in [1.807, 2.05) is 0 Å². The Labute approximate surface area is 112 Å². The van der Waals surface area contributed by atoms with Gasteiger partial charge in [0.2, 0.25) is 0 Å². The first kappa shape index (κ1) is 15.9. The molecule has 108 valence electrons. The van der Waals surface area contributed by atoms with Gasteiger partial charge in [0.05, 0.1) is 5.25 Å². The number of unbranched alkanes of at least 4 members (excludes halogenated alkanes) is 1. The normalized spacial score (nSPS) is 29.1. The molecule has 1 saturated carbocycles. The van der Waals surface area contributed by atoms with E-state index >= 15 is 0 Å². The van der Waals surface area contributed by atoms with Crippen molar-refractivity contribution in [3.05, 3.63) is 0 Å². The first-order valence-corrected chi connectivity index (χ1v) is 9.01. The van der Waals surface area contributed by atoms with Crippen LogP contribution in [0.2, 0.25) is 0 Å². The molecule has 1 rings (SSSR count). The van der Waals surface area contributed by atoms with Crippen molar-refractivity contribution in [1.29, 1.82) is 0 Å². The van der Waals surface area contributed by atoms with E-state index in [1.54, 1.807) is 0 Å². The van der Waals surface area contributed by atoms with Gasteiger partial charge in [-0.3, -0.25) is 4.90 Å². The van der Waals surface area contributed by atoms with Gasteiger partial charge < -0.3 is 5.73 Å². The van der Waals surface area contributed by atoms with Gasteiger partial charge in [-0.2, -0.15) is 0 Å². The van der Waals surface area contributed by atoms with Gasteiger partial charge in [0.25, 0.3) is 0 Å². The second-order valence-corrected chi connectivity index (χ2v) is 7.68. The number of hydrogen-bond donors (Lipinski definition) is 1. The number of likely N-dealkylation sites (N-methyl/N-ethyl adjacent to an activating group) is 1. The Balaban J connectivity index is 3.01. The van der Waals surface area contributed by atoms with Crippen LogP contribution in [-0.2, 0) is 9.84 Å². The van der Waals surface area contributed by atoms with Crippen molar-refractivity contribution in [2.75, 3.05) is 25.9 Å². The lowest BCUT2D eigenvalue weighted by Gasteiger charge is -2.44. The largest absolute Gasteiger partial charge is 0.329 e. The number of sulfone groups is 1. The summed E-state index contributed by atoms with van der Waals surface area (Å²) in [6.07, 6.45) is 6.24. The van der Waals surface area contributed by atoms with E-state index in [4.69, 9.17) is 5.73 Å². The Hall–Kier alpha value is -0.130. The fourth-order valence-corrected chi connectivity index (χ4v) is 5.16. The summed E-state index contributed by atoms with van der Waals surface area (Å²) in [6, 6.07) is 0. The SMILES string of the molecule is CCCCN(CC)C1(CN)CCCC1S(C)(=O)=O. The van der Waals surface area contributed by atoms with E-state index in [0.29, 0.717) is 6.54 Å². The highest BCUT2D eigenvalue weighted by Gasteiger charge is 2.50. The van der Waals surface area contributed by atoms with Crippen LogP contribution in [0.4, 0.5) is 0 Å². The van der Waals surface area contributed by atoms with Crippen LogP contribution in [0.1, 0.15) is 46.0 Å². The third-order valence-corrected chi connectivity index (χ3v) is 6.05. The van der Waals surface area contributed by atoms with Crippen molar-refractivity contribution < 1.29 is 8.42 Å². The molecule has 0 spiro atoms. The zero-order valence-electron chi connectivity index (χ0n) is 12.0. The second kappa shape index (κ2) is 6.35. The minimum atomic E-state index is -3.02. The van der Waals surface area contributed by atoms with Crippen LogP contribution in [0.5, 0.6) is 0 Å². The quantitative estimate of drug-likeness (QED) is 0.763. The van der Waals surface area contributed by atoms with E-state index in [2.05, 4.69) is 18.7 Å². The van der Waals surface area contributed by atoms with Crippen molar-refractivity contribution in [2.45, 2.75) is 56.7 Å². The Bertz CT molecular complexity index is 356. The summed E-state index contributed by atoms with van der Waals surface area (Å²) in [5.41, 5.74) is 5.68. The van der Waals surface area contributed by atoms with Crippen molar-refractivity contribution in [3.63, 3.8) is 0 Å². The van der Waals surface area contributed by atoms with E-state index in [-0.39, 0.29) is 10.8 Å². The van der Waals surface area contributed by atoms with Gasteiger partial charge in [-0.25, -0.2) is 8.42 Å². The lowest BCUT2D eigenvalue weighted by Crippen LogP contribution is -2.60. The predicted molar refractivity (Wildman–Crippen MR) is 76.4 cm³/mol. The lowest BCUT2D eigenvalue weighted by molar-refractivity contribution is 0.106. The molecule has 0 aromatic carbocycles. The van der Waals surface area contributed by atoms with Gasteiger partial charge in [0, 0.05) is 18.3 Å². The number of nitrogens with two attached hydrogens (primary N) is 1. The summed E-state index contributed by atoms with van der Waals surface area (Å²) in [5.74, 6) is 0. The topological polar surface area (TPSA) is 63.4 Å². The predicted octanol–water partition coefficient (Wildman–Crippen LogP) is 1.40. The van der Waals surface area contributed by atoms with Gasteiger partial charge in [0.15, 0.2) is 9.84 Å². The molecule has 2 unspecified atom stereocenters. The van der Waals surface area contributed by atoms with Crippen LogP contribution in [0, 0.1) is 0 Å². The molecule has 0 bridgehead atoms. The average molecular weight is 276 g/mol. The van der Waals surface area contributed by atoms with Crippen LogP contribution in [-0.4, -0.2) is 50.0 Å². The molecular formula is C13H28N2O2S. The van der Waals surface area contributed by atoms with Gasteiger partial charge in [-0.15, -0.1) is 0 Å². The first-order valence-electron chi connectivity index (χ1n) is 7.06. The maximum Gasteiger partial charge on any atom is 0.152 e. The van der Waals surface area contributed by atoms with Gasteiger partial charge >= 0.3 is 0 Å². The molecule has 2 N–H and O–H groups in total. The summed E-state index contributed by atoms with van der Waals surface area (Å²) in [6.45, 7) is 6.54. The molecule has 1 aliphatic rings. The molecule has 5 heteroatoms. The van der Waals surface area contributed by atoms with E-state index in [1.165, 1.54) is 6.26 Å². The van der Waals surface area contributed by atoms with E-state index in [9.17, 15) is 8.42 Å². The minimum Gasteiger partial charge on any atom is -0.329 e. The molecule has 0 radical (unpaired) electrons. The molecule has 0 saturated heterocycles. The number of hydrogen-bond acceptors (Lipinski definition) is 4. The molecule has 0 aliphatic heterocycles. The van der Waals surface area contributed by atoms with Crippen molar-refractivity contribution >= 4 is 9.84 Å². The molecule has 0 aromatic rings. The van der Waals surface area contributed by atoms with Crippen molar-refractivity contribution in [3.8, 4) is 0 Å². The monoisotopic (exact) mass is 276 g/mol. The highest BCUT2D eigenvalue weighted by atomic mass is 32.2. The summed E-state index contributed by atoms with van der Waals surface area (Å²) in [7, 11) is -3.02. The highest BCUT2D eigenvalue weighted by molar-refractivity contribution is 7.91. The molecule has 18 heavy (non-hydrogen) atoms. The Morgan fingerprint density at radius 1 is 1.39 bits per heavy atom. The van der Waals surface area contributed by atoms with Crippen LogP contribution >= 0.6 is 0 Å². The standard InChI is InChI=1S/C13H28N2O2S/c1-4-6-10-15(5-2)13(11-14)9-7-8-12(13)18(3,16)17/h12H,4-11,14H2,1-3H3. The zero-order valence-corrected chi connectivity index (χ0v) is 12.8. The third kappa shape index (κ3) is 3.06. The fraction of sp³-hybridized carbons (Fsp3) is 1.00. The molecule has 0 heterocycles. The summed E-state index contributed by atoms with van der Waals surface area (Å²) in [5, 5.41) is -0.285. The summed E-state index contributed by atoms with van der Waals surface area (Å²) in [4.78, 5) is 2.31. The summed E-state index contributed by atoms with van der Waals surface area (Å²) < 4.78 is 24.0. The lowest BCUT2D eigenvalue weighted by atomic mass is 9.94. The van der Waals surface area contributed by atoms with E-state index in [0.717, 1.165) is 45.2 Å². The molecule has 0 amide bonds. The van der Waals surface area contributed by atoms with Crippen LogP contribution in [0.15, 0.2) is 0 Å². The number of nitrogens with zero attached hydrogens (tertiary/aromatic N) is 1. The molecule has 1 aliphatic carbocycles. The molecular weight excluding hydrogens is 248 g/mol. The molecule has 2 atom stereocenters. The fourth-order valence-electron chi connectivity index (χ4n) is 3.40. The molecule has 1 fully saturated rings. The van der Waals surface area contributed by atoms with Crippen LogP contribution in [0.25, 0.3) is 0 Å². The second-order valence-electron chi connectivity index (χ2n) is 5.45. The van der Waals surface area contributed by atoms with Gasteiger partial charge in [0.1, 0.15) is 0 Å². The average Bonchev–Trinajstić information content (AvgIpc) is 2.75. The Morgan fingerprint density at radius 2 is 2.06 bits per heavy atom. The van der Waals surface area contributed by atoms with Crippen LogP contribution < -0.4 is 5.73 Å². The third-order valence-electron chi connectivity index (χ3n) is 4.34. The minimum absolute atomic E-state index is 0.285. The molecule has 0 aromatic heterocycles. The highest BCUT2D eigenvalue weighted by Crippen LogP contribution is 2.39. The summed E-state index contributed by atoms with van der Waals surface area (Å²) >= 11 is 0. The van der Waals surface area contributed by atoms with Gasteiger partial charge in [-0.05, 0) is 32.4 Å². The number of rotatable bonds is 7. The maximum absolute atomic E-state index is 12.0. The zero-order chi connectivity index (χ0) is 13.8. The van der Waals surface area contributed by atoms with Crippen molar-refractivity contribution in [2.24, 2.45) is 5.73 Å². The van der Waals surface area contributed by atoms with E-state index < -0.39 is 9.84 Å². The van der Waals surface area contributed by atoms with Gasteiger partial charge in [-0.1, -0.05) is 26.7 Å². The Kier molecular flexibility index (Phi) is 5.62. The van der Waals surface area contributed by atoms with Crippen molar-refractivity contribution in [1.82, 2.24) is 4.90 Å². The molecule has 4 nitrogen and oxygen atoms in total. The first-order chi connectivity index (χ1) is 8.42. The Morgan fingerprint density at radius 3 is 2.50 bits per heavy atom. The smallest absolute Gasteiger partial charge is 0.152 e.